The van der Waals surface area contributed by atoms with Crippen LogP contribution >= 0.6 is 0 Å². The van der Waals surface area contributed by atoms with Crippen molar-refractivity contribution in [1.29, 1.82) is 0 Å². The molecule has 2 saturated carbocycles. The molecular weight excluding hydrogens is 768 g/mol. The molecule has 0 bridgehead atoms. The SMILES string of the molecule is COc1ccccc1C(=O)O[C@@H]1C[C@H]2C(=O)N[C@]3(C(=O)NS(=O)(=O)C4(CF)CC4)C[C@H]3/C=C\CC[C@H](C)C[C@@H](C)C(NC(=O)OC(C)(C)C(F)(F)F)C(=O)N2C1. The molecule has 2 heterocycles. The molecule has 1 aromatic carbocycles. The first-order chi connectivity index (χ1) is 26.1. The number of allylic oxidation sites excluding steroid dienone is 1. The van der Waals surface area contributed by atoms with Crippen LogP contribution in [-0.4, -0.2) is 104 Å². The van der Waals surface area contributed by atoms with Crippen LogP contribution in [0.1, 0.15) is 83.0 Å². The summed E-state index contributed by atoms with van der Waals surface area (Å²) < 4.78 is 96.9. The number of carbonyl (C=O) groups excluding carboxylic acids is 5. The van der Waals surface area contributed by atoms with E-state index >= 15 is 0 Å². The highest BCUT2D eigenvalue weighted by atomic mass is 32.2. The molecule has 3 fully saturated rings. The number of fused-ring (bicyclic) bond motifs is 2. The summed E-state index contributed by atoms with van der Waals surface area (Å²) in [5, 5.41) is 4.93. The van der Waals surface area contributed by atoms with Gasteiger partial charge in [0.25, 0.3) is 5.91 Å². The van der Waals surface area contributed by atoms with Crippen LogP contribution < -0.4 is 20.1 Å². The predicted octanol–water partition coefficient (Wildman–Crippen LogP) is 4.09. The largest absolute Gasteiger partial charge is 0.496 e. The summed E-state index contributed by atoms with van der Waals surface area (Å²) in [5.74, 6) is -5.08. The molecule has 0 radical (unpaired) electrons. The highest BCUT2D eigenvalue weighted by Gasteiger charge is 2.64. The molecule has 1 saturated heterocycles. The van der Waals surface area contributed by atoms with Crippen molar-refractivity contribution in [2.75, 3.05) is 20.3 Å². The zero-order chi connectivity index (χ0) is 41.4. The van der Waals surface area contributed by atoms with E-state index in [2.05, 4.69) is 10.6 Å². The molecule has 56 heavy (non-hydrogen) atoms. The molecule has 1 aromatic rings. The third-order valence-electron chi connectivity index (χ3n) is 11.2. The molecule has 4 amide bonds. The smallest absolute Gasteiger partial charge is 0.427 e. The van der Waals surface area contributed by atoms with Crippen LogP contribution in [0.5, 0.6) is 5.75 Å². The van der Waals surface area contributed by atoms with Crippen molar-refractivity contribution < 1.29 is 64.2 Å². The molecule has 2 aliphatic carbocycles. The van der Waals surface area contributed by atoms with E-state index in [-0.39, 0.29) is 42.9 Å². The zero-order valence-electron chi connectivity index (χ0n) is 31.7. The van der Waals surface area contributed by atoms with Crippen LogP contribution in [0.15, 0.2) is 36.4 Å². The minimum atomic E-state index is -4.95. The van der Waals surface area contributed by atoms with Crippen LogP contribution in [0.25, 0.3) is 0 Å². The number of halogens is 4. The Kier molecular flexibility index (Phi) is 12.1. The first-order valence-electron chi connectivity index (χ1n) is 18.4. The average molecular weight is 817 g/mol. The van der Waals surface area contributed by atoms with Gasteiger partial charge in [-0.3, -0.25) is 19.1 Å². The van der Waals surface area contributed by atoms with Gasteiger partial charge in [0.1, 0.15) is 46.5 Å². The van der Waals surface area contributed by atoms with Gasteiger partial charge in [0.15, 0.2) is 0 Å². The van der Waals surface area contributed by atoms with Gasteiger partial charge >= 0.3 is 18.2 Å². The van der Waals surface area contributed by atoms with Gasteiger partial charge in [-0.25, -0.2) is 22.4 Å². The van der Waals surface area contributed by atoms with Gasteiger partial charge in [0.05, 0.1) is 13.7 Å². The molecule has 310 valence electrons. The first-order valence-corrected chi connectivity index (χ1v) is 19.9. The lowest BCUT2D eigenvalue weighted by atomic mass is 9.88. The summed E-state index contributed by atoms with van der Waals surface area (Å²) in [4.78, 5) is 70.0. The van der Waals surface area contributed by atoms with Crippen molar-refractivity contribution in [3.8, 4) is 5.75 Å². The van der Waals surface area contributed by atoms with Gasteiger partial charge in [0, 0.05) is 12.3 Å². The number of nitrogens with one attached hydrogen (secondary N) is 3. The number of alkyl halides is 4. The quantitative estimate of drug-likeness (QED) is 0.186. The number of methoxy groups -OCH3 is 1. The Labute approximate surface area is 322 Å². The zero-order valence-corrected chi connectivity index (χ0v) is 32.6. The lowest BCUT2D eigenvalue weighted by molar-refractivity contribution is -0.244. The second-order valence-corrected chi connectivity index (χ2v) is 17.9. The Morgan fingerprint density at radius 1 is 1.07 bits per heavy atom. The minimum absolute atomic E-state index is 0.00989. The number of sulfonamides is 1. The van der Waals surface area contributed by atoms with Crippen LogP contribution in [-0.2, 0) is 33.9 Å². The van der Waals surface area contributed by atoms with E-state index in [9.17, 15) is 50.0 Å². The Morgan fingerprint density at radius 2 is 1.75 bits per heavy atom. The number of alkyl carbamates (subject to hydrolysis) is 1. The fourth-order valence-electron chi connectivity index (χ4n) is 7.22. The van der Waals surface area contributed by atoms with Crippen LogP contribution in [0.3, 0.4) is 0 Å². The Bertz CT molecular complexity index is 1850. The van der Waals surface area contributed by atoms with Crippen molar-refractivity contribution in [1.82, 2.24) is 20.3 Å². The minimum Gasteiger partial charge on any atom is -0.496 e. The second kappa shape index (κ2) is 15.8. The normalized spacial score (nSPS) is 29.9. The van der Waals surface area contributed by atoms with E-state index in [4.69, 9.17) is 14.2 Å². The number of para-hydroxylation sites is 1. The molecule has 1 unspecified atom stereocenters. The van der Waals surface area contributed by atoms with Crippen molar-refractivity contribution in [2.24, 2.45) is 17.8 Å². The summed E-state index contributed by atoms with van der Waals surface area (Å²) in [6, 6.07) is 3.15. The van der Waals surface area contributed by atoms with E-state index in [1.54, 1.807) is 31.2 Å². The number of hydrogen-bond acceptors (Lipinski definition) is 10. The standard InChI is InChI=1S/C37H48F4N4O10S/c1-21-10-6-7-11-23-18-36(23,32(49)44-56(51,52)35(20-38)14-15-35)43-29(46)26-17-24(54-31(48)25-12-8-9-13-27(25)53-5)19-45(26)30(47)28(22(2)16-21)42-33(50)55-34(3,4)37(39,40)41/h7-9,11-13,21-24,26,28H,6,10,14-20H2,1-5H3,(H,42,50)(H,43,46)(H,44,49)/b11-7-/t21-,22+,23+,24+,26-,28?,36+/m0/s1. The third-order valence-corrected chi connectivity index (χ3v) is 13.3. The summed E-state index contributed by atoms with van der Waals surface area (Å²) in [7, 11) is -3.14. The number of esters is 1. The lowest BCUT2D eigenvalue weighted by Gasteiger charge is -2.34. The number of benzene rings is 1. The number of ether oxygens (including phenoxy) is 3. The first kappa shape index (κ1) is 42.7. The average Bonchev–Trinajstić information content (AvgIpc) is 4.02. The van der Waals surface area contributed by atoms with Crippen molar-refractivity contribution in [3.63, 3.8) is 0 Å². The maximum atomic E-state index is 14.6. The van der Waals surface area contributed by atoms with Crippen LogP contribution in [0, 0.1) is 17.8 Å². The van der Waals surface area contributed by atoms with Gasteiger partial charge in [-0.2, -0.15) is 13.2 Å². The molecular formula is C37H48F4N4O10S. The number of nitrogens with zero attached hydrogens (tertiary/aromatic N) is 1. The van der Waals surface area contributed by atoms with E-state index in [0.717, 1.165) is 4.90 Å². The summed E-state index contributed by atoms with van der Waals surface area (Å²) >= 11 is 0. The van der Waals surface area contributed by atoms with E-state index in [0.29, 0.717) is 33.1 Å². The summed E-state index contributed by atoms with van der Waals surface area (Å²) in [6.07, 6.45) is -3.17. The number of rotatable bonds is 9. The van der Waals surface area contributed by atoms with Crippen molar-refractivity contribution in [2.45, 2.75) is 113 Å². The molecule has 4 aliphatic rings. The molecule has 0 aromatic heterocycles. The van der Waals surface area contributed by atoms with Gasteiger partial charge in [-0.1, -0.05) is 38.1 Å². The molecule has 19 heteroatoms. The summed E-state index contributed by atoms with van der Waals surface area (Å²) in [6.45, 7) is 3.18. The lowest BCUT2D eigenvalue weighted by Crippen LogP contribution is -2.60. The maximum absolute atomic E-state index is 14.6. The molecule has 7 atom stereocenters. The fraction of sp³-hybridized carbons (Fsp3) is 0.649. The van der Waals surface area contributed by atoms with Crippen molar-refractivity contribution >= 4 is 39.8 Å². The van der Waals surface area contributed by atoms with Gasteiger partial charge < -0.3 is 29.7 Å². The maximum Gasteiger partial charge on any atom is 0.427 e. The monoisotopic (exact) mass is 816 g/mol. The highest BCUT2D eigenvalue weighted by Crippen LogP contribution is 2.48. The number of carbonyl (C=O) groups is 5. The topological polar surface area (TPSA) is 187 Å². The molecule has 3 N–H and O–H groups in total. The van der Waals surface area contributed by atoms with Gasteiger partial charge in [-0.05, 0) is 76.3 Å². The fourth-order valence-corrected chi connectivity index (χ4v) is 8.65. The molecule has 14 nitrogen and oxygen atoms in total. The summed E-state index contributed by atoms with van der Waals surface area (Å²) in [5.41, 5.74) is -4.69. The van der Waals surface area contributed by atoms with E-state index in [1.165, 1.54) is 19.2 Å². The predicted molar refractivity (Wildman–Crippen MR) is 191 cm³/mol. The molecule has 5 rings (SSSR count). The highest BCUT2D eigenvalue weighted by molar-refractivity contribution is 7.91. The second-order valence-electron chi connectivity index (χ2n) is 15.8. The van der Waals surface area contributed by atoms with Gasteiger partial charge in [-0.15, -0.1) is 0 Å². The van der Waals surface area contributed by atoms with E-state index in [1.807, 2.05) is 11.6 Å². The third kappa shape index (κ3) is 8.76. The van der Waals surface area contributed by atoms with Crippen molar-refractivity contribution in [3.05, 3.63) is 42.0 Å². The molecule has 2 aliphatic heterocycles. The van der Waals surface area contributed by atoms with Gasteiger partial charge in [0.2, 0.25) is 27.4 Å². The number of amides is 4. The van der Waals surface area contributed by atoms with E-state index < -0.39 is 105 Å². The molecule has 0 spiro atoms. The number of hydrogen-bond donors (Lipinski definition) is 3. The van der Waals surface area contributed by atoms with Crippen LogP contribution in [0.4, 0.5) is 22.4 Å². The van der Waals surface area contributed by atoms with Crippen LogP contribution in [0.2, 0.25) is 0 Å². The Balaban J connectivity index is 1.49. The Hall–Kier alpha value is -4.42. The Morgan fingerprint density at radius 3 is 2.38 bits per heavy atom.